The van der Waals surface area contributed by atoms with Gasteiger partial charge < -0.3 is 19.3 Å². The van der Waals surface area contributed by atoms with E-state index in [0.717, 1.165) is 24.9 Å². The van der Waals surface area contributed by atoms with E-state index in [2.05, 4.69) is 4.90 Å². The molecule has 1 atom stereocenters. The molecule has 0 saturated carbocycles. The fourth-order valence-corrected chi connectivity index (χ4v) is 3.51. The van der Waals surface area contributed by atoms with E-state index in [1.807, 2.05) is 19.1 Å². The van der Waals surface area contributed by atoms with Crippen molar-refractivity contribution in [1.29, 1.82) is 0 Å². The minimum atomic E-state index is -0.687. The van der Waals surface area contributed by atoms with Gasteiger partial charge in [-0.25, -0.2) is 0 Å². The van der Waals surface area contributed by atoms with Crippen molar-refractivity contribution in [3.05, 3.63) is 17.7 Å². The van der Waals surface area contributed by atoms with E-state index >= 15 is 0 Å². The van der Waals surface area contributed by atoms with E-state index in [-0.39, 0.29) is 6.79 Å². The molecule has 6 heteroatoms. The van der Waals surface area contributed by atoms with Gasteiger partial charge in [0.25, 0.3) is 0 Å². The van der Waals surface area contributed by atoms with Crippen molar-refractivity contribution in [2.24, 2.45) is 5.41 Å². The number of ether oxygens (including phenoxy) is 3. The van der Waals surface area contributed by atoms with Crippen LogP contribution in [0.3, 0.4) is 0 Å². The van der Waals surface area contributed by atoms with Crippen molar-refractivity contribution in [3.8, 4) is 17.2 Å². The maximum Gasteiger partial charge on any atom is 0.310 e. The zero-order valence-corrected chi connectivity index (χ0v) is 13.6. The second-order valence-corrected chi connectivity index (χ2v) is 6.29. The molecule has 23 heavy (non-hydrogen) atoms. The summed E-state index contributed by atoms with van der Waals surface area (Å²) in [5.41, 5.74) is 0.418. The van der Waals surface area contributed by atoms with E-state index in [1.54, 1.807) is 7.11 Å². The number of rotatable bonds is 5. The van der Waals surface area contributed by atoms with Crippen LogP contribution in [0.1, 0.15) is 31.7 Å². The Morgan fingerprint density at radius 1 is 1.43 bits per heavy atom. The molecule has 2 aliphatic heterocycles. The Kier molecular flexibility index (Phi) is 4.35. The van der Waals surface area contributed by atoms with Crippen molar-refractivity contribution < 1.29 is 24.1 Å². The van der Waals surface area contributed by atoms with Crippen molar-refractivity contribution in [1.82, 2.24) is 4.90 Å². The van der Waals surface area contributed by atoms with Gasteiger partial charge >= 0.3 is 5.97 Å². The molecule has 1 aromatic rings. The number of hydrogen-bond donors (Lipinski definition) is 1. The van der Waals surface area contributed by atoms with Crippen LogP contribution in [0.4, 0.5) is 0 Å². The lowest BCUT2D eigenvalue weighted by atomic mass is 9.77. The number of hydrogen-bond acceptors (Lipinski definition) is 5. The van der Waals surface area contributed by atoms with Crippen LogP contribution in [0.2, 0.25) is 0 Å². The first-order valence-corrected chi connectivity index (χ1v) is 8.00. The van der Waals surface area contributed by atoms with Crippen LogP contribution in [-0.2, 0) is 11.3 Å². The number of piperidine rings is 1. The van der Waals surface area contributed by atoms with Gasteiger partial charge in [-0.3, -0.25) is 9.69 Å². The minimum absolute atomic E-state index is 0.205. The van der Waals surface area contributed by atoms with Crippen molar-refractivity contribution >= 4 is 5.97 Å². The zero-order valence-electron chi connectivity index (χ0n) is 13.6. The third kappa shape index (κ3) is 2.95. The first kappa shape index (κ1) is 15.9. The SMILES string of the molecule is CCC1(C(=O)O)CCCN(Cc2cc(OC)c3c(c2)OCO3)C1. The number of carboxylic acid groups (broad SMARTS) is 1. The van der Waals surface area contributed by atoms with Crippen LogP contribution in [0.5, 0.6) is 17.2 Å². The van der Waals surface area contributed by atoms with Gasteiger partial charge in [0.2, 0.25) is 12.5 Å². The molecule has 0 radical (unpaired) electrons. The molecule has 1 aromatic carbocycles. The number of fused-ring (bicyclic) bond motifs is 1. The van der Waals surface area contributed by atoms with Crippen LogP contribution >= 0.6 is 0 Å². The Hall–Kier alpha value is -1.95. The van der Waals surface area contributed by atoms with E-state index in [1.165, 1.54) is 0 Å². The minimum Gasteiger partial charge on any atom is -0.493 e. The summed E-state index contributed by atoms with van der Waals surface area (Å²) in [6.07, 6.45) is 2.31. The quantitative estimate of drug-likeness (QED) is 0.899. The van der Waals surface area contributed by atoms with Gasteiger partial charge in [0, 0.05) is 13.1 Å². The molecular formula is C17H23NO5. The maximum absolute atomic E-state index is 11.7. The molecule has 0 bridgehead atoms. The average molecular weight is 321 g/mol. The molecule has 1 fully saturated rings. The number of aliphatic carboxylic acids is 1. The van der Waals surface area contributed by atoms with Crippen molar-refractivity contribution in [2.75, 3.05) is 27.0 Å². The van der Waals surface area contributed by atoms with E-state index in [9.17, 15) is 9.90 Å². The second kappa shape index (κ2) is 6.28. The van der Waals surface area contributed by atoms with Gasteiger partial charge in [0.1, 0.15) is 0 Å². The van der Waals surface area contributed by atoms with Crippen molar-refractivity contribution in [2.45, 2.75) is 32.7 Å². The third-order valence-corrected chi connectivity index (χ3v) is 4.91. The van der Waals surface area contributed by atoms with E-state index in [4.69, 9.17) is 14.2 Å². The molecule has 126 valence electrons. The van der Waals surface area contributed by atoms with Gasteiger partial charge in [-0.2, -0.15) is 0 Å². The predicted octanol–water partition coefficient (Wildman–Crippen LogP) is 2.50. The lowest BCUT2D eigenvalue weighted by Crippen LogP contribution is -2.47. The monoisotopic (exact) mass is 321 g/mol. The van der Waals surface area contributed by atoms with Gasteiger partial charge in [-0.1, -0.05) is 6.92 Å². The number of benzene rings is 1. The predicted molar refractivity (Wildman–Crippen MR) is 84.0 cm³/mol. The molecule has 2 aliphatic rings. The first-order valence-electron chi connectivity index (χ1n) is 8.00. The Morgan fingerprint density at radius 3 is 2.96 bits per heavy atom. The largest absolute Gasteiger partial charge is 0.493 e. The van der Waals surface area contributed by atoms with E-state index < -0.39 is 11.4 Å². The summed E-state index contributed by atoms with van der Waals surface area (Å²) >= 11 is 0. The van der Waals surface area contributed by atoms with Crippen molar-refractivity contribution in [3.63, 3.8) is 0 Å². The Bertz CT molecular complexity index is 603. The highest BCUT2D eigenvalue weighted by molar-refractivity contribution is 5.75. The molecule has 2 heterocycles. The highest BCUT2D eigenvalue weighted by atomic mass is 16.7. The van der Waals surface area contributed by atoms with Crippen LogP contribution in [0.15, 0.2) is 12.1 Å². The maximum atomic E-state index is 11.7. The number of nitrogens with zero attached hydrogens (tertiary/aromatic N) is 1. The zero-order chi connectivity index (χ0) is 16.4. The Labute approximate surface area is 135 Å². The second-order valence-electron chi connectivity index (χ2n) is 6.29. The molecule has 0 aliphatic carbocycles. The number of carbonyl (C=O) groups is 1. The standard InChI is InChI=1S/C17H23NO5/c1-3-17(16(19)20)5-4-6-18(10-17)9-12-7-13(21-2)15-14(8-12)22-11-23-15/h7-8H,3-6,9-11H2,1-2H3,(H,19,20). The van der Waals surface area contributed by atoms with Crippen LogP contribution in [0, 0.1) is 5.41 Å². The smallest absolute Gasteiger partial charge is 0.310 e. The summed E-state index contributed by atoms with van der Waals surface area (Å²) in [7, 11) is 1.61. The summed E-state index contributed by atoms with van der Waals surface area (Å²) < 4.78 is 16.2. The molecule has 0 amide bonds. The number of carboxylic acids is 1. The highest BCUT2D eigenvalue weighted by Gasteiger charge is 2.40. The van der Waals surface area contributed by atoms with Crippen LogP contribution in [-0.4, -0.2) is 43.0 Å². The average Bonchev–Trinajstić information content (AvgIpc) is 3.02. The number of methoxy groups -OCH3 is 1. The first-order chi connectivity index (χ1) is 11.1. The summed E-state index contributed by atoms with van der Waals surface area (Å²) in [6, 6.07) is 3.89. The summed E-state index contributed by atoms with van der Waals surface area (Å²) in [4.78, 5) is 13.9. The molecule has 3 rings (SSSR count). The van der Waals surface area contributed by atoms with Gasteiger partial charge in [-0.05, 0) is 43.5 Å². The fraction of sp³-hybridized carbons (Fsp3) is 0.588. The topological polar surface area (TPSA) is 68.2 Å². The molecule has 0 spiro atoms. The fourth-order valence-electron chi connectivity index (χ4n) is 3.51. The molecular weight excluding hydrogens is 298 g/mol. The van der Waals surface area contributed by atoms with Gasteiger partial charge in [-0.15, -0.1) is 0 Å². The third-order valence-electron chi connectivity index (χ3n) is 4.91. The lowest BCUT2D eigenvalue weighted by molar-refractivity contribution is -0.153. The van der Waals surface area contributed by atoms with Gasteiger partial charge in [0.05, 0.1) is 12.5 Å². The lowest BCUT2D eigenvalue weighted by Gasteiger charge is -2.39. The van der Waals surface area contributed by atoms with E-state index in [0.29, 0.717) is 36.8 Å². The van der Waals surface area contributed by atoms with Gasteiger partial charge in [0.15, 0.2) is 11.5 Å². The highest BCUT2D eigenvalue weighted by Crippen LogP contribution is 2.42. The van der Waals surface area contributed by atoms with Crippen LogP contribution < -0.4 is 14.2 Å². The normalized spacial score (nSPS) is 23.7. The number of likely N-dealkylation sites (tertiary alicyclic amines) is 1. The summed E-state index contributed by atoms with van der Waals surface area (Å²) in [5, 5.41) is 9.60. The Balaban J connectivity index is 1.78. The summed E-state index contributed by atoms with van der Waals surface area (Å²) in [6.45, 7) is 4.33. The van der Waals surface area contributed by atoms with Crippen LogP contribution in [0.25, 0.3) is 0 Å². The molecule has 1 saturated heterocycles. The molecule has 0 aromatic heterocycles. The molecule has 1 N–H and O–H groups in total. The molecule has 6 nitrogen and oxygen atoms in total. The Morgan fingerprint density at radius 2 is 2.26 bits per heavy atom. The summed E-state index contributed by atoms with van der Waals surface area (Å²) in [5.74, 6) is 1.31. The molecule has 1 unspecified atom stereocenters.